The Hall–Kier alpha value is -2.00. The summed E-state index contributed by atoms with van der Waals surface area (Å²) in [6.45, 7) is 3.59. The molecule has 118 valence electrons. The van der Waals surface area contributed by atoms with Crippen molar-refractivity contribution in [3.63, 3.8) is 0 Å². The fourth-order valence-electron chi connectivity index (χ4n) is 2.23. The Bertz CT molecular complexity index is 525. The molecule has 3 heteroatoms. The molecule has 0 fully saturated rings. The van der Waals surface area contributed by atoms with Crippen LogP contribution in [0.15, 0.2) is 54.6 Å². The molecule has 3 N–H and O–H groups in total. The zero-order valence-electron chi connectivity index (χ0n) is 13.3. The van der Waals surface area contributed by atoms with Crippen molar-refractivity contribution < 1.29 is 4.74 Å². The highest BCUT2D eigenvalue weighted by molar-refractivity contribution is 5.46. The van der Waals surface area contributed by atoms with Crippen LogP contribution in [0.25, 0.3) is 0 Å². The summed E-state index contributed by atoms with van der Waals surface area (Å²) in [6, 6.07) is 18.4. The van der Waals surface area contributed by atoms with Gasteiger partial charge in [0, 0.05) is 18.3 Å². The third kappa shape index (κ3) is 5.78. The number of benzene rings is 2. The average Bonchev–Trinajstić information content (AvgIpc) is 2.58. The van der Waals surface area contributed by atoms with Gasteiger partial charge in [-0.25, -0.2) is 0 Å². The van der Waals surface area contributed by atoms with Crippen LogP contribution in [-0.4, -0.2) is 12.6 Å². The van der Waals surface area contributed by atoms with E-state index in [1.165, 1.54) is 18.4 Å². The van der Waals surface area contributed by atoms with Gasteiger partial charge in [-0.05, 0) is 36.2 Å². The van der Waals surface area contributed by atoms with E-state index >= 15 is 0 Å². The van der Waals surface area contributed by atoms with Crippen molar-refractivity contribution in [1.29, 1.82) is 0 Å². The third-order valence-electron chi connectivity index (χ3n) is 3.60. The molecule has 2 aromatic rings. The maximum atomic E-state index is 6.06. The van der Waals surface area contributed by atoms with Crippen LogP contribution in [0.2, 0.25) is 0 Å². The molecule has 0 amide bonds. The minimum atomic E-state index is 0.217. The monoisotopic (exact) mass is 298 g/mol. The molecule has 2 aromatic carbocycles. The lowest BCUT2D eigenvalue weighted by atomic mass is 10.1. The molecule has 3 nitrogen and oxygen atoms in total. The van der Waals surface area contributed by atoms with Crippen LogP contribution in [-0.2, 0) is 6.61 Å². The first-order valence-electron chi connectivity index (χ1n) is 8.04. The van der Waals surface area contributed by atoms with Crippen molar-refractivity contribution in [1.82, 2.24) is 0 Å². The lowest BCUT2D eigenvalue weighted by molar-refractivity contribution is 0.306. The number of anilines is 1. The predicted octanol–water partition coefficient (Wildman–Crippen LogP) is 4.20. The van der Waals surface area contributed by atoms with Gasteiger partial charge in [-0.15, -0.1) is 0 Å². The molecule has 0 radical (unpaired) electrons. The van der Waals surface area contributed by atoms with E-state index in [0.717, 1.165) is 24.4 Å². The summed E-state index contributed by atoms with van der Waals surface area (Å²) in [6.07, 6.45) is 3.46. The number of rotatable bonds is 9. The Balaban J connectivity index is 1.75. The number of ether oxygens (including phenoxy) is 1. The minimum absolute atomic E-state index is 0.217. The minimum Gasteiger partial charge on any atom is -0.489 e. The maximum Gasteiger partial charge on any atom is 0.119 e. The largest absolute Gasteiger partial charge is 0.489 e. The molecule has 0 aliphatic carbocycles. The van der Waals surface area contributed by atoms with Crippen molar-refractivity contribution >= 4 is 5.69 Å². The standard InChI is InChI=1S/C19H26N2O/c1-2-3-9-17(20)14-21-18-10-12-19(13-11-18)22-15-16-7-5-4-6-8-16/h4-8,10-13,17,21H,2-3,9,14-15,20H2,1H3. The van der Waals surface area contributed by atoms with Gasteiger partial charge in [-0.3, -0.25) is 0 Å². The summed E-state index contributed by atoms with van der Waals surface area (Å²) in [5.41, 5.74) is 8.32. The predicted molar refractivity (Wildman–Crippen MR) is 93.2 cm³/mol. The Morgan fingerprint density at radius 2 is 1.77 bits per heavy atom. The lowest BCUT2D eigenvalue weighted by Crippen LogP contribution is -2.28. The molecule has 0 spiro atoms. The van der Waals surface area contributed by atoms with Crippen LogP contribution < -0.4 is 15.8 Å². The van der Waals surface area contributed by atoms with E-state index in [0.29, 0.717) is 6.61 Å². The topological polar surface area (TPSA) is 47.3 Å². The fraction of sp³-hybridized carbons (Fsp3) is 0.368. The van der Waals surface area contributed by atoms with Crippen LogP contribution in [0.5, 0.6) is 5.75 Å². The molecular weight excluding hydrogens is 272 g/mol. The van der Waals surface area contributed by atoms with Crippen LogP contribution >= 0.6 is 0 Å². The molecule has 0 saturated heterocycles. The summed E-state index contributed by atoms with van der Waals surface area (Å²) in [7, 11) is 0. The van der Waals surface area contributed by atoms with Crippen LogP contribution in [0.3, 0.4) is 0 Å². The summed E-state index contributed by atoms with van der Waals surface area (Å²) in [5.74, 6) is 0.879. The van der Waals surface area contributed by atoms with Gasteiger partial charge in [0.1, 0.15) is 12.4 Å². The molecule has 22 heavy (non-hydrogen) atoms. The molecule has 1 unspecified atom stereocenters. The molecule has 0 saturated carbocycles. The first-order chi connectivity index (χ1) is 10.8. The van der Waals surface area contributed by atoms with E-state index in [4.69, 9.17) is 10.5 Å². The van der Waals surface area contributed by atoms with Gasteiger partial charge in [0.25, 0.3) is 0 Å². The average molecular weight is 298 g/mol. The van der Waals surface area contributed by atoms with Gasteiger partial charge in [0.15, 0.2) is 0 Å². The summed E-state index contributed by atoms with van der Waals surface area (Å²) in [5, 5.41) is 3.37. The lowest BCUT2D eigenvalue weighted by Gasteiger charge is -2.13. The highest BCUT2D eigenvalue weighted by Gasteiger charge is 2.02. The van der Waals surface area contributed by atoms with Gasteiger partial charge >= 0.3 is 0 Å². The molecule has 2 rings (SSSR count). The number of unbranched alkanes of at least 4 members (excludes halogenated alkanes) is 1. The van der Waals surface area contributed by atoms with Crippen molar-refractivity contribution in [2.45, 2.75) is 38.8 Å². The van der Waals surface area contributed by atoms with Crippen LogP contribution in [0.4, 0.5) is 5.69 Å². The third-order valence-corrected chi connectivity index (χ3v) is 3.60. The zero-order valence-corrected chi connectivity index (χ0v) is 13.3. The normalized spacial score (nSPS) is 11.9. The molecule has 0 aliphatic heterocycles. The smallest absolute Gasteiger partial charge is 0.119 e. The first-order valence-corrected chi connectivity index (χ1v) is 8.04. The number of nitrogens with two attached hydrogens (primary N) is 1. The molecule has 0 heterocycles. The van der Waals surface area contributed by atoms with Crippen molar-refractivity contribution in [2.75, 3.05) is 11.9 Å². The summed E-state index contributed by atoms with van der Waals surface area (Å²) >= 11 is 0. The van der Waals surface area contributed by atoms with E-state index in [9.17, 15) is 0 Å². The van der Waals surface area contributed by atoms with Crippen molar-refractivity contribution in [3.05, 3.63) is 60.2 Å². The van der Waals surface area contributed by atoms with E-state index in [1.807, 2.05) is 42.5 Å². The molecule has 0 aliphatic rings. The Kier molecular flexibility index (Phi) is 6.78. The quantitative estimate of drug-likeness (QED) is 0.729. The van der Waals surface area contributed by atoms with Crippen molar-refractivity contribution in [2.24, 2.45) is 5.73 Å². The molecule has 0 aromatic heterocycles. The van der Waals surface area contributed by atoms with E-state index in [-0.39, 0.29) is 6.04 Å². The number of hydrogen-bond acceptors (Lipinski definition) is 3. The maximum absolute atomic E-state index is 6.06. The summed E-state index contributed by atoms with van der Waals surface area (Å²) in [4.78, 5) is 0. The van der Waals surface area contributed by atoms with E-state index in [2.05, 4.69) is 24.4 Å². The van der Waals surface area contributed by atoms with Gasteiger partial charge in [0.2, 0.25) is 0 Å². The molecule has 0 bridgehead atoms. The Morgan fingerprint density at radius 1 is 1.05 bits per heavy atom. The van der Waals surface area contributed by atoms with Gasteiger partial charge in [0.05, 0.1) is 0 Å². The van der Waals surface area contributed by atoms with E-state index < -0.39 is 0 Å². The molecule has 1 atom stereocenters. The fourth-order valence-corrected chi connectivity index (χ4v) is 2.23. The van der Waals surface area contributed by atoms with Gasteiger partial charge in [-0.2, -0.15) is 0 Å². The van der Waals surface area contributed by atoms with Crippen molar-refractivity contribution in [3.8, 4) is 5.75 Å². The van der Waals surface area contributed by atoms with Gasteiger partial charge < -0.3 is 15.8 Å². The van der Waals surface area contributed by atoms with Crippen LogP contribution in [0, 0.1) is 0 Å². The van der Waals surface area contributed by atoms with E-state index in [1.54, 1.807) is 0 Å². The Labute approximate surface area is 133 Å². The Morgan fingerprint density at radius 3 is 2.45 bits per heavy atom. The highest BCUT2D eigenvalue weighted by atomic mass is 16.5. The van der Waals surface area contributed by atoms with Gasteiger partial charge in [-0.1, -0.05) is 50.1 Å². The molecular formula is C19H26N2O. The second kappa shape index (κ2) is 9.11. The second-order valence-electron chi connectivity index (χ2n) is 5.58. The SMILES string of the molecule is CCCCC(N)CNc1ccc(OCc2ccccc2)cc1. The zero-order chi connectivity index (χ0) is 15.6. The number of nitrogens with one attached hydrogen (secondary N) is 1. The van der Waals surface area contributed by atoms with Crippen LogP contribution in [0.1, 0.15) is 31.7 Å². The second-order valence-corrected chi connectivity index (χ2v) is 5.58. The highest BCUT2D eigenvalue weighted by Crippen LogP contribution is 2.17. The number of hydrogen-bond donors (Lipinski definition) is 2. The summed E-state index contributed by atoms with van der Waals surface area (Å²) < 4.78 is 5.77. The first kappa shape index (κ1) is 16.4.